The van der Waals surface area contributed by atoms with Crippen molar-refractivity contribution in [1.29, 1.82) is 0 Å². The Morgan fingerprint density at radius 2 is 1.71 bits per heavy atom. The van der Waals surface area contributed by atoms with E-state index in [0.29, 0.717) is 31.7 Å². The van der Waals surface area contributed by atoms with Crippen LogP contribution in [-0.4, -0.2) is 60.8 Å². The number of rotatable bonds is 3. The molecule has 2 rings (SSSR count). The van der Waals surface area contributed by atoms with E-state index in [2.05, 4.69) is 0 Å². The highest BCUT2D eigenvalue weighted by atomic mass is 35.5. The van der Waals surface area contributed by atoms with Gasteiger partial charge in [0.05, 0.1) is 7.11 Å². The van der Waals surface area contributed by atoms with Gasteiger partial charge in [-0.1, -0.05) is 0 Å². The highest BCUT2D eigenvalue weighted by molar-refractivity contribution is 6.27. The number of nitrogens with zero attached hydrogens (tertiary/aromatic N) is 2. The molecule has 21 heavy (non-hydrogen) atoms. The van der Waals surface area contributed by atoms with E-state index in [-0.39, 0.29) is 17.7 Å². The smallest absolute Gasteiger partial charge is 0.253 e. The summed E-state index contributed by atoms with van der Waals surface area (Å²) in [6, 6.07) is 7.06. The second-order valence-electron chi connectivity index (χ2n) is 4.89. The van der Waals surface area contributed by atoms with E-state index < -0.39 is 0 Å². The normalized spacial score (nSPS) is 15.5. The zero-order chi connectivity index (χ0) is 15.2. The molecule has 1 aliphatic heterocycles. The number of carbonyl (C=O) groups is 2. The van der Waals surface area contributed by atoms with Gasteiger partial charge in [-0.3, -0.25) is 9.59 Å². The van der Waals surface area contributed by atoms with E-state index in [4.69, 9.17) is 16.3 Å². The fraction of sp³-hybridized carbons (Fsp3) is 0.467. The Morgan fingerprint density at radius 3 is 2.33 bits per heavy atom. The van der Waals surface area contributed by atoms with Crippen molar-refractivity contribution in [3.63, 3.8) is 0 Å². The van der Waals surface area contributed by atoms with Crippen molar-refractivity contribution in [2.24, 2.45) is 0 Å². The topological polar surface area (TPSA) is 49.9 Å². The number of methoxy groups -OCH3 is 1. The first-order valence-electron chi connectivity index (χ1n) is 6.92. The average molecular weight is 311 g/mol. The quantitative estimate of drug-likeness (QED) is 0.797. The summed E-state index contributed by atoms with van der Waals surface area (Å²) < 4.78 is 5.09. The van der Waals surface area contributed by atoms with E-state index in [0.717, 1.165) is 12.2 Å². The Labute approximate surface area is 129 Å². The molecule has 0 bridgehead atoms. The molecule has 1 fully saturated rings. The Balaban J connectivity index is 2.00. The molecule has 5 nitrogen and oxygen atoms in total. The number of hydrogen-bond donors (Lipinski definition) is 0. The monoisotopic (exact) mass is 310 g/mol. The second-order valence-corrected chi connectivity index (χ2v) is 5.16. The lowest BCUT2D eigenvalue weighted by atomic mass is 10.2. The highest BCUT2D eigenvalue weighted by Gasteiger charge is 2.22. The van der Waals surface area contributed by atoms with Crippen LogP contribution in [0.15, 0.2) is 24.3 Å². The van der Waals surface area contributed by atoms with Crippen molar-refractivity contribution in [2.75, 3.05) is 39.2 Å². The van der Waals surface area contributed by atoms with Gasteiger partial charge in [0, 0.05) is 31.7 Å². The second kappa shape index (κ2) is 7.31. The molecular formula is C15H19ClN2O3. The Kier molecular flexibility index (Phi) is 5.44. The Morgan fingerprint density at radius 1 is 1.10 bits per heavy atom. The number of ether oxygens (including phenoxy) is 1. The van der Waals surface area contributed by atoms with E-state index in [1.54, 1.807) is 41.2 Å². The molecular weight excluding hydrogens is 292 g/mol. The Bertz CT molecular complexity index is 504. The highest BCUT2D eigenvalue weighted by Crippen LogP contribution is 2.14. The maximum absolute atomic E-state index is 12.5. The lowest BCUT2D eigenvalue weighted by Gasteiger charge is -2.21. The molecule has 0 spiro atoms. The van der Waals surface area contributed by atoms with Crippen LogP contribution in [0.3, 0.4) is 0 Å². The molecule has 0 atom stereocenters. The average Bonchev–Trinajstić information content (AvgIpc) is 2.79. The zero-order valence-electron chi connectivity index (χ0n) is 12.0. The van der Waals surface area contributed by atoms with Crippen molar-refractivity contribution < 1.29 is 14.3 Å². The molecule has 0 N–H and O–H groups in total. The van der Waals surface area contributed by atoms with E-state index in [9.17, 15) is 9.59 Å². The third-order valence-corrected chi connectivity index (χ3v) is 3.82. The molecule has 0 aliphatic carbocycles. The molecule has 0 saturated carbocycles. The first-order chi connectivity index (χ1) is 10.2. The molecule has 0 aromatic heterocycles. The molecule has 1 saturated heterocycles. The van der Waals surface area contributed by atoms with Crippen LogP contribution in [0.25, 0.3) is 0 Å². The van der Waals surface area contributed by atoms with Crippen LogP contribution in [0.1, 0.15) is 16.8 Å². The van der Waals surface area contributed by atoms with Gasteiger partial charge >= 0.3 is 0 Å². The molecule has 6 heteroatoms. The van der Waals surface area contributed by atoms with Gasteiger partial charge in [-0.25, -0.2) is 0 Å². The van der Waals surface area contributed by atoms with E-state index in [1.807, 2.05) is 0 Å². The maximum Gasteiger partial charge on any atom is 0.253 e. The number of carbonyl (C=O) groups excluding carboxylic acids is 2. The van der Waals surface area contributed by atoms with E-state index >= 15 is 0 Å². The minimum atomic E-state index is -0.0737. The van der Waals surface area contributed by atoms with Gasteiger partial charge in [0.25, 0.3) is 5.91 Å². The predicted octanol–water partition coefficient (Wildman–Crippen LogP) is 1.61. The van der Waals surface area contributed by atoms with Crippen molar-refractivity contribution >= 4 is 23.4 Å². The summed E-state index contributed by atoms with van der Waals surface area (Å²) in [7, 11) is 1.59. The fourth-order valence-corrected chi connectivity index (χ4v) is 2.54. The van der Waals surface area contributed by atoms with Crippen LogP contribution in [0.4, 0.5) is 0 Å². The molecule has 1 aliphatic rings. The summed E-state index contributed by atoms with van der Waals surface area (Å²) in [5.41, 5.74) is 0.632. The summed E-state index contributed by atoms with van der Waals surface area (Å²) in [4.78, 5) is 27.6. The predicted molar refractivity (Wildman–Crippen MR) is 80.8 cm³/mol. The zero-order valence-corrected chi connectivity index (χ0v) is 12.8. The molecule has 2 amide bonds. The number of alkyl halides is 1. The van der Waals surface area contributed by atoms with Crippen molar-refractivity contribution in [3.8, 4) is 5.75 Å². The fourth-order valence-electron chi connectivity index (χ4n) is 2.37. The standard InChI is InChI=1S/C15H19ClN2O3/c1-21-13-5-3-12(4-6-13)15(20)18-8-2-7-17(9-10-18)14(19)11-16/h3-6H,2,7-11H2,1H3. The molecule has 114 valence electrons. The summed E-state index contributed by atoms with van der Waals surface area (Å²) in [5, 5.41) is 0. The summed E-state index contributed by atoms with van der Waals surface area (Å²) in [6.45, 7) is 2.37. The lowest BCUT2D eigenvalue weighted by Crippen LogP contribution is -2.37. The summed E-state index contributed by atoms with van der Waals surface area (Å²) in [6.07, 6.45) is 0.768. The summed E-state index contributed by atoms with van der Waals surface area (Å²) in [5.74, 6) is 0.626. The first kappa shape index (κ1) is 15.6. The van der Waals surface area contributed by atoms with Crippen molar-refractivity contribution in [3.05, 3.63) is 29.8 Å². The molecule has 1 aromatic rings. The van der Waals surface area contributed by atoms with Crippen molar-refractivity contribution in [2.45, 2.75) is 6.42 Å². The third-order valence-electron chi connectivity index (χ3n) is 3.59. The number of hydrogen-bond acceptors (Lipinski definition) is 3. The maximum atomic E-state index is 12.5. The Hall–Kier alpha value is -1.75. The van der Waals surface area contributed by atoms with Crippen LogP contribution in [0.2, 0.25) is 0 Å². The lowest BCUT2D eigenvalue weighted by molar-refractivity contribution is -0.128. The van der Waals surface area contributed by atoms with Crippen LogP contribution in [0, 0.1) is 0 Å². The van der Waals surface area contributed by atoms with Gasteiger partial charge in [-0.05, 0) is 30.7 Å². The minimum absolute atomic E-state index is 0.00751. The van der Waals surface area contributed by atoms with Gasteiger partial charge in [0.1, 0.15) is 11.6 Å². The minimum Gasteiger partial charge on any atom is -0.497 e. The van der Waals surface area contributed by atoms with Gasteiger partial charge < -0.3 is 14.5 Å². The van der Waals surface area contributed by atoms with Crippen molar-refractivity contribution in [1.82, 2.24) is 9.80 Å². The number of amides is 2. The van der Waals surface area contributed by atoms with Crippen LogP contribution < -0.4 is 4.74 Å². The van der Waals surface area contributed by atoms with Crippen LogP contribution >= 0.6 is 11.6 Å². The SMILES string of the molecule is COc1ccc(C(=O)N2CCCN(C(=O)CCl)CC2)cc1. The van der Waals surface area contributed by atoms with Gasteiger partial charge in [-0.15, -0.1) is 11.6 Å². The van der Waals surface area contributed by atoms with Gasteiger partial charge in [0.2, 0.25) is 5.91 Å². The number of halogens is 1. The van der Waals surface area contributed by atoms with Crippen LogP contribution in [0.5, 0.6) is 5.75 Å². The largest absolute Gasteiger partial charge is 0.497 e. The first-order valence-corrected chi connectivity index (χ1v) is 7.46. The molecule has 0 radical (unpaired) electrons. The van der Waals surface area contributed by atoms with Gasteiger partial charge in [-0.2, -0.15) is 0 Å². The molecule has 1 heterocycles. The van der Waals surface area contributed by atoms with Crippen LogP contribution in [-0.2, 0) is 4.79 Å². The third kappa shape index (κ3) is 3.88. The number of benzene rings is 1. The summed E-state index contributed by atoms with van der Waals surface area (Å²) >= 11 is 5.58. The van der Waals surface area contributed by atoms with Gasteiger partial charge in [0.15, 0.2) is 0 Å². The van der Waals surface area contributed by atoms with E-state index in [1.165, 1.54) is 0 Å². The molecule has 1 aromatic carbocycles. The molecule has 0 unspecified atom stereocenters.